The number of amides is 1. The Bertz CT molecular complexity index is 303. The molecule has 1 N–H and O–H groups in total. The van der Waals surface area contributed by atoms with Crippen LogP contribution in [0.2, 0.25) is 0 Å². The second-order valence-corrected chi connectivity index (χ2v) is 3.82. The second-order valence-electron chi connectivity index (χ2n) is 3.44. The number of hydrogen-bond donors (Lipinski definition) is 1. The zero-order valence-corrected chi connectivity index (χ0v) is 9.50. The minimum atomic E-state index is -0.0560. The third-order valence-corrected chi connectivity index (χ3v) is 2.36. The van der Waals surface area contributed by atoms with Crippen molar-refractivity contribution in [1.29, 1.82) is 0 Å². The van der Waals surface area contributed by atoms with Gasteiger partial charge in [0.25, 0.3) is 5.91 Å². The minimum absolute atomic E-state index is 0.0560. The smallest absolute Gasteiger partial charge is 0.251 e. The highest BCUT2D eigenvalue weighted by Gasteiger charge is 2.08. The molecule has 4 heteroatoms. The highest BCUT2D eigenvalue weighted by molar-refractivity contribution is 6.17. The second kappa shape index (κ2) is 6.40. The molecule has 0 fully saturated rings. The monoisotopic (exact) mass is 226 g/mol. The molecule has 1 heterocycles. The predicted octanol–water partition coefficient (Wildman–Crippen LogP) is 2.22. The maximum absolute atomic E-state index is 11.6. The molecule has 1 aromatic rings. The van der Waals surface area contributed by atoms with E-state index in [4.69, 9.17) is 11.6 Å². The lowest BCUT2D eigenvalue weighted by atomic mass is 10.2. The molecule has 3 nitrogen and oxygen atoms in total. The van der Waals surface area contributed by atoms with E-state index in [-0.39, 0.29) is 11.9 Å². The molecule has 0 bridgehead atoms. The SMILES string of the molecule is CC(CCCCl)NC(=O)c1ccncc1. The predicted molar refractivity (Wildman–Crippen MR) is 61.1 cm³/mol. The summed E-state index contributed by atoms with van der Waals surface area (Å²) in [6.07, 6.45) is 5.04. The standard InChI is InChI=1S/C11H15ClN2O/c1-9(3-2-6-12)14-11(15)10-4-7-13-8-5-10/h4-5,7-9H,2-3,6H2,1H3,(H,14,15). The van der Waals surface area contributed by atoms with E-state index < -0.39 is 0 Å². The molecule has 1 rings (SSSR count). The number of nitrogens with zero attached hydrogens (tertiary/aromatic N) is 1. The van der Waals surface area contributed by atoms with E-state index in [1.54, 1.807) is 24.5 Å². The summed E-state index contributed by atoms with van der Waals surface area (Å²) in [5, 5.41) is 2.91. The number of rotatable bonds is 5. The van der Waals surface area contributed by atoms with Crippen LogP contribution in [-0.4, -0.2) is 22.8 Å². The Morgan fingerprint density at radius 3 is 2.80 bits per heavy atom. The summed E-state index contributed by atoms with van der Waals surface area (Å²) >= 11 is 5.58. The van der Waals surface area contributed by atoms with Crippen LogP contribution in [0.5, 0.6) is 0 Å². The largest absolute Gasteiger partial charge is 0.350 e. The van der Waals surface area contributed by atoms with Gasteiger partial charge in [-0.25, -0.2) is 0 Å². The first kappa shape index (κ1) is 12.0. The van der Waals surface area contributed by atoms with Crippen molar-refractivity contribution in [3.8, 4) is 0 Å². The molecule has 0 aliphatic carbocycles. The number of alkyl halides is 1. The molecule has 0 aliphatic rings. The van der Waals surface area contributed by atoms with E-state index >= 15 is 0 Å². The number of aromatic nitrogens is 1. The fourth-order valence-electron chi connectivity index (χ4n) is 1.27. The van der Waals surface area contributed by atoms with Gasteiger partial charge in [-0.3, -0.25) is 9.78 Å². The number of nitrogens with one attached hydrogen (secondary N) is 1. The van der Waals surface area contributed by atoms with E-state index in [1.807, 2.05) is 6.92 Å². The van der Waals surface area contributed by atoms with Gasteiger partial charge in [0.15, 0.2) is 0 Å². The molecule has 0 aromatic carbocycles. The van der Waals surface area contributed by atoms with Gasteiger partial charge in [0.05, 0.1) is 0 Å². The lowest BCUT2D eigenvalue weighted by Crippen LogP contribution is -2.32. The number of pyridine rings is 1. The van der Waals surface area contributed by atoms with Crippen LogP contribution >= 0.6 is 11.6 Å². The van der Waals surface area contributed by atoms with E-state index in [9.17, 15) is 4.79 Å². The highest BCUT2D eigenvalue weighted by Crippen LogP contribution is 2.01. The Morgan fingerprint density at radius 1 is 1.53 bits per heavy atom. The zero-order chi connectivity index (χ0) is 11.1. The maximum atomic E-state index is 11.6. The Morgan fingerprint density at radius 2 is 2.20 bits per heavy atom. The van der Waals surface area contributed by atoms with Crippen LogP contribution in [0.15, 0.2) is 24.5 Å². The molecule has 0 aliphatic heterocycles. The van der Waals surface area contributed by atoms with Gasteiger partial charge in [0.1, 0.15) is 0 Å². The molecule has 0 saturated heterocycles. The highest BCUT2D eigenvalue weighted by atomic mass is 35.5. The first-order chi connectivity index (χ1) is 7.24. The van der Waals surface area contributed by atoms with Crippen molar-refractivity contribution in [3.63, 3.8) is 0 Å². The molecule has 0 radical (unpaired) electrons. The third kappa shape index (κ3) is 4.30. The fraction of sp³-hybridized carbons (Fsp3) is 0.455. The molecule has 1 amide bonds. The van der Waals surface area contributed by atoms with Gasteiger partial charge in [-0.15, -0.1) is 11.6 Å². The summed E-state index contributed by atoms with van der Waals surface area (Å²) in [4.78, 5) is 15.5. The normalized spacial score (nSPS) is 12.1. The van der Waals surface area contributed by atoms with Gasteiger partial charge in [-0.05, 0) is 31.9 Å². The van der Waals surface area contributed by atoms with Crippen molar-refractivity contribution in [3.05, 3.63) is 30.1 Å². The average molecular weight is 227 g/mol. The lowest BCUT2D eigenvalue weighted by molar-refractivity contribution is 0.0938. The summed E-state index contributed by atoms with van der Waals surface area (Å²) in [6.45, 7) is 1.98. The molecule has 0 spiro atoms. The van der Waals surface area contributed by atoms with Gasteiger partial charge in [0, 0.05) is 29.9 Å². The molecular formula is C11H15ClN2O. The van der Waals surface area contributed by atoms with E-state index in [2.05, 4.69) is 10.3 Å². The van der Waals surface area contributed by atoms with Crippen LogP contribution in [0, 0.1) is 0 Å². The Hall–Kier alpha value is -1.09. The van der Waals surface area contributed by atoms with Crippen LogP contribution in [0.4, 0.5) is 0 Å². The first-order valence-corrected chi connectivity index (χ1v) is 5.54. The topological polar surface area (TPSA) is 42.0 Å². The summed E-state index contributed by atoms with van der Waals surface area (Å²) in [7, 11) is 0. The van der Waals surface area contributed by atoms with Crippen molar-refractivity contribution in [2.45, 2.75) is 25.8 Å². The van der Waals surface area contributed by atoms with Crippen LogP contribution < -0.4 is 5.32 Å². The minimum Gasteiger partial charge on any atom is -0.350 e. The summed E-state index contributed by atoms with van der Waals surface area (Å²) in [5.41, 5.74) is 0.641. The average Bonchev–Trinajstić information content (AvgIpc) is 2.27. The third-order valence-electron chi connectivity index (χ3n) is 2.09. The van der Waals surface area contributed by atoms with Crippen molar-refractivity contribution < 1.29 is 4.79 Å². The quantitative estimate of drug-likeness (QED) is 0.783. The van der Waals surface area contributed by atoms with Crippen LogP contribution in [0.3, 0.4) is 0 Å². The number of carbonyl (C=O) groups is 1. The molecule has 1 aromatic heterocycles. The van der Waals surface area contributed by atoms with Crippen LogP contribution in [-0.2, 0) is 0 Å². The zero-order valence-electron chi connectivity index (χ0n) is 8.74. The maximum Gasteiger partial charge on any atom is 0.251 e. The van der Waals surface area contributed by atoms with Gasteiger partial charge >= 0.3 is 0 Å². The number of hydrogen-bond acceptors (Lipinski definition) is 2. The molecule has 82 valence electrons. The van der Waals surface area contributed by atoms with E-state index in [0.717, 1.165) is 12.8 Å². The van der Waals surface area contributed by atoms with Crippen molar-refractivity contribution in [2.24, 2.45) is 0 Å². The molecule has 1 unspecified atom stereocenters. The van der Waals surface area contributed by atoms with Crippen molar-refractivity contribution in [2.75, 3.05) is 5.88 Å². The summed E-state index contributed by atoms with van der Waals surface area (Å²) < 4.78 is 0. The number of carbonyl (C=O) groups excluding carboxylic acids is 1. The molecular weight excluding hydrogens is 212 g/mol. The first-order valence-electron chi connectivity index (χ1n) is 5.01. The number of halogens is 1. The summed E-state index contributed by atoms with van der Waals surface area (Å²) in [5.74, 6) is 0.578. The fourth-order valence-corrected chi connectivity index (χ4v) is 1.42. The Kier molecular flexibility index (Phi) is 5.12. The van der Waals surface area contributed by atoms with Crippen LogP contribution in [0.1, 0.15) is 30.1 Å². The van der Waals surface area contributed by atoms with Gasteiger partial charge in [0.2, 0.25) is 0 Å². The molecule has 1 atom stereocenters. The Labute approximate surface area is 94.9 Å². The van der Waals surface area contributed by atoms with Crippen molar-refractivity contribution in [1.82, 2.24) is 10.3 Å². The van der Waals surface area contributed by atoms with Gasteiger partial charge < -0.3 is 5.32 Å². The summed E-state index contributed by atoms with van der Waals surface area (Å²) in [6, 6.07) is 3.55. The van der Waals surface area contributed by atoms with Gasteiger partial charge in [-0.1, -0.05) is 0 Å². The van der Waals surface area contributed by atoms with Crippen molar-refractivity contribution >= 4 is 17.5 Å². The molecule has 0 saturated carbocycles. The van der Waals surface area contributed by atoms with Gasteiger partial charge in [-0.2, -0.15) is 0 Å². The van der Waals surface area contributed by atoms with Crippen LogP contribution in [0.25, 0.3) is 0 Å². The van der Waals surface area contributed by atoms with E-state index in [1.165, 1.54) is 0 Å². The molecule has 15 heavy (non-hydrogen) atoms. The Balaban J connectivity index is 2.42. The lowest BCUT2D eigenvalue weighted by Gasteiger charge is -2.12. The van der Waals surface area contributed by atoms with E-state index in [0.29, 0.717) is 11.4 Å².